The SMILES string of the molecule is CCCNC(=O)C(Cc1ccccc1)N(Cc1ccc(F)cc1)C(=O)CSCc1cc(C)cc(C)c1. The molecule has 1 atom stereocenters. The highest BCUT2D eigenvalue weighted by molar-refractivity contribution is 7.99. The van der Waals surface area contributed by atoms with Crippen LogP contribution in [0.5, 0.6) is 0 Å². The van der Waals surface area contributed by atoms with Crippen LogP contribution in [0.3, 0.4) is 0 Å². The Morgan fingerprint density at radius 3 is 2.22 bits per heavy atom. The molecule has 4 nitrogen and oxygen atoms in total. The quantitative estimate of drug-likeness (QED) is 0.336. The third-order valence-corrected chi connectivity index (χ3v) is 6.85. The molecule has 0 bridgehead atoms. The predicted octanol–water partition coefficient (Wildman–Crippen LogP) is 5.84. The number of carbonyl (C=O) groups excluding carboxylic acids is 2. The summed E-state index contributed by atoms with van der Waals surface area (Å²) in [5.74, 6) is 0.351. The molecule has 1 unspecified atom stereocenters. The van der Waals surface area contributed by atoms with E-state index in [0.717, 1.165) is 17.5 Å². The minimum atomic E-state index is -0.668. The van der Waals surface area contributed by atoms with E-state index in [-0.39, 0.29) is 29.9 Å². The van der Waals surface area contributed by atoms with Crippen LogP contribution in [0.1, 0.15) is 41.2 Å². The number of nitrogens with zero attached hydrogens (tertiary/aromatic N) is 1. The van der Waals surface area contributed by atoms with Crippen LogP contribution in [0.2, 0.25) is 0 Å². The van der Waals surface area contributed by atoms with Gasteiger partial charge in [-0.05, 0) is 49.1 Å². The lowest BCUT2D eigenvalue weighted by Crippen LogP contribution is -2.51. The third kappa shape index (κ3) is 8.52. The van der Waals surface area contributed by atoms with Crippen molar-refractivity contribution in [3.8, 4) is 0 Å². The smallest absolute Gasteiger partial charge is 0.243 e. The van der Waals surface area contributed by atoms with Crippen LogP contribution in [0.25, 0.3) is 0 Å². The van der Waals surface area contributed by atoms with Gasteiger partial charge in [-0.2, -0.15) is 0 Å². The van der Waals surface area contributed by atoms with Crippen LogP contribution in [-0.4, -0.2) is 35.1 Å². The Morgan fingerprint density at radius 1 is 0.917 bits per heavy atom. The average molecular weight is 507 g/mol. The molecule has 36 heavy (non-hydrogen) atoms. The maximum Gasteiger partial charge on any atom is 0.243 e. The zero-order valence-corrected chi connectivity index (χ0v) is 22.1. The van der Waals surface area contributed by atoms with Gasteiger partial charge in [0.25, 0.3) is 0 Å². The first kappa shape index (κ1) is 27.5. The topological polar surface area (TPSA) is 49.4 Å². The van der Waals surface area contributed by atoms with Gasteiger partial charge in [-0.1, -0.05) is 78.7 Å². The van der Waals surface area contributed by atoms with E-state index < -0.39 is 6.04 Å². The number of benzene rings is 3. The predicted molar refractivity (Wildman–Crippen MR) is 146 cm³/mol. The number of amides is 2. The number of halogens is 1. The minimum Gasteiger partial charge on any atom is -0.354 e. The van der Waals surface area contributed by atoms with Gasteiger partial charge >= 0.3 is 0 Å². The number of nitrogens with one attached hydrogen (secondary N) is 1. The van der Waals surface area contributed by atoms with Crippen molar-refractivity contribution in [1.29, 1.82) is 0 Å². The molecule has 3 aromatic rings. The highest BCUT2D eigenvalue weighted by Gasteiger charge is 2.30. The molecule has 0 radical (unpaired) electrons. The second-order valence-electron chi connectivity index (χ2n) is 9.13. The van der Waals surface area contributed by atoms with Gasteiger partial charge in [0.15, 0.2) is 0 Å². The summed E-state index contributed by atoms with van der Waals surface area (Å²) >= 11 is 1.54. The van der Waals surface area contributed by atoms with Crippen LogP contribution in [0.15, 0.2) is 72.8 Å². The number of hydrogen-bond donors (Lipinski definition) is 1. The lowest BCUT2D eigenvalue weighted by molar-refractivity contribution is -0.139. The zero-order valence-electron chi connectivity index (χ0n) is 21.3. The van der Waals surface area contributed by atoms with Gasteiger partial charge < -0.3 is 10.2 Å². The molecule has 0 aromatic heterocycles. The molecule has 6 heteroatoms. The van der Waals surface area contributed by atoms with E-state index in [0.29, 0.717) is 18.7 Å². The van der Waals surface area contributed by atoms with E-state index in [1.807, 2.05) is 37.3 Å². The molecule has 0 heterocycles. The number of carbonyl (C=O) groups is 2. The van der Waals surface area contributed by atoms with Gasteiger partial charge in [0.2, 0.25) is 11.8 Å². The highest BCUT2D eigenvalue weighted by Crippen LogP contribution is 2.20. The largest absolute Gasteiger partial charge is 0.354 e. The Bertz CT molecular complexity index is 1120. The molecule has 3 aromatic carbocycles. The lowest BCUT2D eigenvalue weighted by atomic mass is 10.0. The van der Waals surface area contributed by atoms with Crippen LogP contribution >= 0.6 is 11.8 Å². The van der Waals surface area contributed by atoms with Gasteiger partial charge in [0.1, 0.15) is 11.9 Å². The van der Waals surface area contributed by atoms with Gasteiger partial charge in [-0.25, -0.2) is 4.39 Å². The standard InChI is InChI=1S/C30H35FN2O2S/c1-4-14-32-30(35)28(18-24-8-6-5-7-9-24)33(19-25-10-12-27(31)13-11-25)29(34)21-36-20-26-16-22(2)15-23(3)17-26/h5-13,15-17,28H,4,14,18-21H2,1-3H3,(H,32,35). The molecule has 0 aliphatic carbocycles. The first-order valence-corrected chi connectivity index (χ1v) is 13.5. The molecule has 0 aliphatic heterocycles. The Labute approximate surface area is 218 Å². The molecule has 1 N–H and O–H groups in total. The van der Waals surface area contributed by atoms with Crippen LogP contribution in [0, 0.1) is 19.7 Å². The normalized spacial score (nSPS) is 11.7. The molecule has 0 saturated carbocycles. The fourth-order valence-electron chi connectivity index (χ4n) is 4.20. The monoisotopic (exact) mass is 506 g/mol. The Kier molecular flexibility index (Phi) is 10.6. The van der Waals surface area contributed by atoms with Crippen molar-refractivity contribution in [1.82, 2.24) is 10.2 Å². The van der Waals surface area contributed by atoms with Gasteiger partial charge in [-0.3, -0.25) is 9.59 Å². The van der Waals surface area contributed by atoms with Crippen LogP contribution in [0.4, 0.5) is 4.39 Å². The van der Waals surface area contributed by atoms with E-state index in [2.05, 4.69) is 37.4 Å². The summed E-state index contributed by atoms with van der Waals surface area (Å²) in [5, 5.41) is 2.98. The first-order valence-electron chi connectivity index (χ1n) is 12.4. The molecule has 0 saturated heterocycles. The summed E-state index contributed by atoms with van der Waals surface area (Å²) < 4.78 is 13.5. The third-order valence-electron chi connectivity index (χ3n) is 5.86. The molecular weight excluding hydrogens is 471 g/mol. The zero-order chi connectivity index (χ0) is 25.9. The minimum absolute atomic E-state index is 0.110. The maximum atomic E-state index is 13.6. The Morgan fingerprint density at radius 2 is 1.58 bits per heavy atom. The molecule has 3 rings (SSSR count). The summed E-state index contributed by atoms with van der Waals surface area (Å²) in [6.07, 6.45) is 1.21. The van der Waals surface area contributed by atoms with Crippen molar-refractivity contribution in [3.05, 3.63) is 106 Å². The van der Waals surface area contributed by atoms with Crippen molar-refractivity contribution in [3.63, 3.8) is 0 Å². The number of thioether (sulfide) groups is 1. The summed E-state index contributed by atoms with van der Waals surface area (Å²) in [6, 6.07) is 21.6. The number of hydrogen-bond acceptors (Lipinski definition) is 3. The summed E-state index contributed by atoms with van der Waals surface area (Å²) in [6.45, 7) is 6.92. The maximum absolute atomic E-state index is 13.6. The first-order chi connectivity index (χ1) is 17.4. The van der Waals surface area contributed by atoms with Gasteiger partial charge in [0, 0.05) is 25.3 Å². The summed E-state index contributed by atoms with van der Waals surface area (Å²) in [7, 11) is 0. The molecular formula is C30H35FN2O2S. The summed E-state index contributed by atoms with van der Waals surface area (Å²) in [5.41, 5.74) is 5.34. The fourth-order valence-corrected chi connectivity index (χ4v) is 5.04. The number of rotatable bonds is 12. The molecule has 0 fully saturated rings. The van der Waals surface area contributed by atoms with Crippen molar-refractivity contribution >= 4 is 23.6 Å². The van der Waals surface area contributed by atoms with Crippen molar-refractivity contribution in [2.24, 2.45) is 0 Å². The number of aryl methyl sites for hydroxylation is 2. The van der Waals surface area contributed by atoms with Crippen molar-refractivity contribution in [2.75, 3.05) is 12.3 Å². The van der Waals surface area contributed by atoms with E-state index in [1.54, 1.807) is 28.8 Å². The summed E-state index contributed by atoms with van der Waals surface area (Å²) in [4.78, 5) is 28.5. The second-order valence-corrected chi connectivity index (χ2v) is 10.1. The molecule has 0 aliphatic rings. The van der Waals surface area contributed by atoms with E-state index in [1.165, 1.54) is 28.8 Å². The second kappa shape index (κ2) is 13.8. The van der Waals surface area contributed by atoms with Crippen LogP contribution in [-0.2, 0) is 28.3 Å². The lowest BCUT2D eigenvalue weighted by Gasteiger charge is -2.31. The Balaban J connectivity index is 1.83. The molecule has 2 amide bonds. The van der Waals surface area contributed by atoms with E-state index in [4.69, 9.17) is 0 Å². The van der Waals surface area contributed by atoms with Crippen LogP contribution < -0.4 is 5.32 Å². The average Bonchev–Trinajstić information content (AvgIpc) is 2.85. The Hall–Kier alpha value is -3.12. The molecule has 0 spiro atoms. The van der Waals surface area contributed by atoms with Crippen molar-refractivity contribution < 1.29 is 14.0 Å². The highest BCUT2D eigenvalue weighted by atomic mass is 32.2. The van der Waals surface area contributed by atoms with Gasteiger partial charge in [-0.15, -0.1) is 11.8 Å². The van der Waals surface area contributed by atoms with E-state index >= 15 is 0 Å². The van der Waals surface area contributed by atoms with Crippen molar-refractivity contribution in [2.45, 2.75) is 52.0 Å². The van der Waals surface area contributed by atoms with E-state index in [9.17, 15) is 14.0 Å². The fraction of sp³-hybridized carbons (Fsp3) is 0.333. The molecule has 190 valence electrons. The van der Waals surface area contributed by atoms with Gasteiger partial charge in [0.05, 0.1) is 5.75 Å².